The number of aromatic amines is 1. The van der Waals surface area contributed by atoms with E-state index in [1.807, 2.05) is 18.7 Å². The summed E-state index contributed by atoms with van der Waals surface area (Å²) in [5.74, 6) is 3.54. The summed E-state index contributed by atoms with van der Waals surface area (Å²) in [5, 5.41) is 8.22. The lowest BCUT2D eigenvalue weighted by Gasteiger charge is -2.23. The maximum absolute atomic E-state index is 12.8. The predicted octanol–water partition coefficient (Wildman–Crippen LogP) is 2.67. The summed E-state index contributed by atoms with van der Waals surface area (Å²) in [4.78, 5) is 22.6. The first-order valence-electron chi connectivity index (χ1n) is 8.71. The van der Waals surface area contributed by atoms with Crippen LogP contribution in [-0.2, 0) is 9.53 Å². The molecule has 0 radical (unpaired) electrons. The molecule has 2 aliphatic rings. The van der Waals surface area contributed by atoms with E-state index in [0.29, 0.717) is 25.8 Å². The summed E-state index contributed by atoms with van der Waals surface area (Å²) in [6.07, 6.45) is 8.47. The number of hydrogen-bond acceptors (Lipinski definition) is 5. The summed E-state index contributed by atoms with van der Waals surface area (Å²) in [7, 11) is 1.69. The minimum atomic E-state index is -0.421. The van der Waals surface area contributed by atoms with E-state index in [0.717, 1.165) is 30.1 Å². The number of nitrogens with zero attached hydrogens (tertiary/aromatic N) is 4. The molecule has 0 aromatic carbocycles. The van der Waals surface area contributed by atoms with Crippen LogP contribution < -0.4 is 0 Å². The zero-order valence-electron chi connectivity index (χ0n) is 15.1. The van der Waals surface area contributed by atoms with Crippen molar-refractivity contribution in [2.45, 2.75) is 63.8 Å². The van der Waals surface area contributed by atoms with Gasteiger partial charge in [0, 0.05) is 51.5 Å². The molecule has 1 N–H and O–H groups in total. The molecular weight excluding hydrogens is 318 g/mol. The Kier molecular flexibility index (Phi) is 4.91. The van der Waals surface area contributed by atoms with Crippen LogP contribution in [0.2, 0.25) is 0 Å². The number of aromatic nitrogens is 2. The standard InChI is InChI=1S/C18H25N5O2/c1-5-6-8-18(21-22-18)9-7-16(24)23-11-14(25-4)10-15(23)17-19-12(2)13(3)20-17/h1,14-15H,6-11H2,2-4H3,(H,19,20)/t14-,15+/m1/s1. The van der Waals surface area contributed by atoms with Gasteiger partial charge in [0.05, 0.1) is 17.8 Å². The highest BCUT2D eigenvalue weighted by atomic mass is 16.5. The second-order valence-corrected chi connectivity index (χ2v) is 6.87. The number of nitrogens with one attached hydrogen (secondary N) is 1. The van der Waals surface area contributed by atoms with Crippen LogP contribution in [0.15, 0.2) is 10.2 Å². The van der Waals surface area contributed by atoms with Crippen molar-refractivity contribution in [1.29, 1.82) is 0 Å². The van der Waals surface area contributed by atoms with Crippen LogP contribution in [0.5, 0.6) is 0 Å². The first-order chi connectivity index (χ1) is 12.0. The molecule has 1 fully saturated rings. The number of imidazole rings is 1. The minimum absolute atomic E-state index is 0.0327. The van der Waals surface area contributed by atoms with Crippen LogP contribution in [0.3, 0.4) is 0 Å². The van der Waals surface area contributed by atoms with Crippen molar-refractivity contribution in [2.75, 3.05) is 13.7 Å². The molecule has 0 saturated carbocycles. The minimum Gasteiger partial charge on any atom is -0.380 e. The number of ether oxygens (including phenoxy) is 1. The van der Waals surface area contributed by atoms with Crippen LogP contribution >= 0.6 is 0 Å². The number of amides is 1. The van der Waals surface area contributed by atoms with Crippen molar-refractivity contribution < 1.29 is 9.53 Å². The van der Waals surface area contributed by atoms with Gasteiger partial charge >= 0.3 is 0 Å². The molecule has 0 bridgehead atoms. The topological polar surface area (TPSA) is 82.9 Å². The van der Waals surface area contributed by atoms with Gasteiger partial charge in [-0.15, -0.1) is 12.3 Å². The lowest BCUT2D eigenvalue weighted by atomic mass is 10.0. The first-order valence-corrected chi connectivity index (χ1v) is 8.71. The maximum atomic E-state index is 12.8. The van der Waals surface area contributed by atoms with Gasteiger partial charge in [-0.3, -0.25) is 4.79 Å². The van der Waals surface area contributed by atoms with E-state index in [1.165, 1.54) is 0 Å². The van der Waals surface area contributed by atoms with Crippen molar-refractivity contribution in [3.63, 3.8) is 0 Å². The lowest BCUT2D eigenvalue weighted by Crippen LogP contribution is -2.33. The molecule has 1 aromatic rings. The molecule has 1 saturated heterocycles. The fourth-order valence-corrected chi connectivity index (χ4v) is 3.35. The number of carbonyl (C=O) groups is 1. The van der Waals surface area contributed by atoms with E-state index in [9.17, 15) is 4.79 Å². The molecule has 25 heavy (non-hydrogen) atoms. The summed E-state index contributed by atoms with van der Waals surface area (Å²) in [6.45, 7) is 4.55. The molecule has 134 valence electrons. The average Bonchev–Trinajstić information content (AvgIpc) is 3.11. The molecule has 7 nitrogen and oxygen atoms in total. The predicted molar refractivity (Wildman–Crippen MR) is 92.8 cm³/mol. The molecule has 3 heterocycles. The Balaban J connectivity index is 1.65. The van der Waals surface area contributed by atoms with Crippen molar-refractivity contribution in [2.24, 2.45) is 10.2 Å². The number of aryl methyl sites for hydroxylation is 2. The van der Waals surface area contributed by atoms with Crippen molar-refractivity contribution >= 4 is 5.91 Å². The van der Waals surface area contributed by atoms with Gasteiger partial charge in [0.25, 0.3) is 0 Å². The molecule has 7 heteroatoms. The fraction of sp³-hybridized carbons (Fsp3) is 0.667. The molecule has 1 aromatic heterocycles. The van der Waals surface area contributed by atoms with Crippen LogP contribution in [0.4, 0.5) is 0 Å². The molecule has 0 spiro atoms. The zero-order valence-corrected chi connectivity index (χ0v) is 15.1. The monoisotopic (exact) mass is 343 g/mol. The van der Waals surface area contributed by atoms with E-state index in [4.69, 9.17) is 11.2 Å². The molecule has 2 aliphatic heterocycles. The Morgan fingerprint density at radius 1 is 1.44 bits per heavy atom. The molecule has 0 aliphatic carbocycles. The third-order valence-corrected chi connectivity index (χ3v) is 5.17. The molecule has 3 rings (SSSR count). The SMILES string of the molecule is C#CCCC1(CCC(=O)N2C[C@H](OC)C[C@H]2c2nc(C)c(C)[nH]2)N=N1. The van der Waals surface area contributed by atoms with Gasteiger partial charge in [0.15, 0.2) is 5.66 Å². The van der Waals surface area contributed by atoms with Gasteiger partial charge in [-0.25, -0.2) is 4.98 Å². The van der Waals surface area contributed by atoms with Crippen LogP contribution in [-0.4, -0.2) is 46.2 Å². The van der Waals surface area contributed by atoms with Gasteiger partial charge < -0.3 is 14.6 Å². The fourth-order valence-electron chi connectivity index (χ4n) is 3.35. The number of H-pyrrole nitrogens is 1. The Morgan fingerprint density at radius 2 is 2.20 bits per heavy atom. The number of rotatable bonds is 7. The van der Waals surface area contributed by atoms with Crippen molar-refractivity contribution in [1.82, 2.24) is 14.9 Å². The largest absolute Gasteiger partial charge is 0.380 e. The first kappa shape index (κ1) is 17.6. The summed E-state index contributed by atoms with van der Waals surface area (Å²) >= 11 is 0. The van der Waals surface area contributed by atoms with E-state index >= 15 is 0 Å². The van der Waals surface area contributed by atoms with Gasteiger partial charge in [-0.05, 0) is 13.8 Å². The number of likely N-dealkylation sites (tertiary alicyclic amines) is 1. The lowest BCUT2D eigenvalue weighted by molar-refractivity contribution is -0.132. The maximum Gasteiger partial charge on any atom is 0.223 e. The van der Waals surface area contributed by atoms with E-state index < -0.39 is 5.66 Å². The Bertz CT molecular complexity index is 692. The Hall–Kier alpha value is -2.20. The van der Waals surface area contributed by atoms with Crippen LogP contribution in [0, 0.1) is 26.2 Å². The second kappa shape index (κ2) is 6.96. The highest BCUT2D eigenvalue weighted by molar-refractivity contribution is 5.77. The quantitative estimate of drug-likeness (QED) is 0.773. The van der Waals surface area contributed by atoms with Crippen LogP contribution in [0.1, 0.15) is 55.4 Å². The summed E-state index contributed by atoms with van der Waals surface area (Å²) < 4.78 is 5.50. The summed E-state index contributed by atoms with van der Waals surface area (Å²) in [5.41, 5.74) is 1.58. The van der Waals surface area contributed by atoms with Gasteiger partial charge in [-0.2, -0.15) is 10.2 Å². The number of carbonyl (C=O) groups excluding carboxylic acids is 1. The third-order valence-electron chi connectivity index (χ3n) is 5.17. The van der Waals surface area contributed by atoms with Gasteiger partial charge in [-0.1, -0.05) is 0 Å². The molecule has 0 unspecified atom stereocenters. The zero-order chi connectivity index (χ0) is 18.0. The summed E-state index contributed by atoms with van der Waals surface area (Å²) in [6, 6.07) is -0.0698. The van der Waals surface area contributed by atoms with E-state index in [2.05, 4.69) is 26.1 Å². The average molecular weight is 343 g/mol. The molecule has 1 amide bonds. The number of methoxy groups -OCH3 is 1. The highest BCUT2D eigenvalue weighted by Crippen LogP contribution is 2.39. The Labute approximate surface area is 148 Å². The number of hydrogen-bond donors (Lipinski definition) is 1. The number of terminal acetylenes is 1. The van der Waals surface area contributed by atoms with Gasteiger partial charge in [0.2, 0.25) is 5.91 Å². The third kappa shape index (κ3) is 3.74. The highest BCUT2D eigenvalue weighted by Gasteiger charge is 2.42. The van der Waals surface area contributed by atoms with Gasteiger partial charge in [0.1, 0.15) is 5.82 Å². The van der Waals surface area contributed by atoms with Crippen molar-refractivity contribution in [3.05, 3.63) is 17.2 Å². The smallest absolute Gasteiger partial charge is 0.223 e. The molecular formula is C18H25N5O2. The van der Waals surface area contributed by atoms with E-state index in [-0.39, 0.29) is 18.1 Å². The van der Waals surface area contributed by atoms with E-state index in [1.54, 1.807) is 7.11 Å². The van der Waals surface area contributed by atoms with Crippen LogP contribution in [0.25, 0.3) is 0 Å². The molecule has 2 atom stereocenters. The Morgan fingerprint density at radius 3 is 2.76 bits per heavy atom. The second-order valence-electron chi connectivity index (χ2n) is 6.87. The van der Waals surface area contributed by atoms with Crippen molar-refractivity contribution in [3.8, 4) is 12.3 Å². The normalized spacial score (nSPS) is 23.7.